The quantitative estimate of drug-likeness (QED) is 0.684. The topological polar surface area (TPSA) is 86.5 Å². The molecule has 3 aromatic rings. The fourth-order valence-electron chi connectivity index (χ4n) is 2.26. The zero-order chi connectivity index (χ0) is 17.3. The molecule has 0 unspecified atom stereocenters. The Morgan fingerprint density at radius 2 is 1.96 bits per heavy atom. The Kier molecular flexibility index (Phi) is 4.59. The van der Waals surface area contributed by atoms with Gasteiger partial charge in [-0.1, -0.05) is 11.3 Å². The van der Waals surface area contributed by atoms with Crippen LogP contribution in [-0.4, -0.2) is 25.1 Å². The molecule has 0 bridgehead atoms. The van der Waals surface area contributed by atoms with E-state index < -0.39 is 0 Å². The smallest absolute Gasteiger partial charge is 0.255 e. The van der Waals surface area contributed by atoms with E-state index in [-0.39, 0.29) is 5.91 Å². The lowest BCUT2D eigenvalue weighted by Crippen LogP contribution is -2.12. The zero-order valence-corrected chi connectivity index (χ0v) is 15.3. The molecule has 24 heavy (non-hydrogen) atoms. The third-order valence-corrected chi connectivity index (χ3v) is 4.80. The van der Waals surface area contributed by atoms with E-state index in [0.29, 0.717) is 27.9 Å². The maximum atomic E-state index is 12.5. The molecule has 1 aromatic heterocycles. The van der Waals surface area contributed by atoms with E-state index in [0.717, 1.165) is 14.7 Å². The Bertz CT molecular complexity index is 926. The average Bonchev–Trinajstić information content (AvgIpc) is 2.95. The van der Waals surface area contributed by atoms with Crippen LogP contribution in [0.1, 0.15) is 10.4 Å². The highest BCUT2D eigenvalue weighted by molar-refractivity contribution is 9.10. The maximum absolute atomic E-state index is 12.5. The molecule has 0 aliphatic rings. The highest BCUT2D eigenvalue weighted by Gasteiger charge is 2.13. The summed E-state index contributed by atoms with van der Waals surface area (Å²) in [4.78, 5) is 16.7. The van der Waals surface area contributed by atoms with Crippen molar-refractivity contribution < 1.29 is 14.3 Å². The first kappa shape index (κ1) is 16.5. The summed E-state index contributed by atoms with van der Waals surface area (Å²) in [6, 6.07) is 8.63. The van der Waals surface area contributed by atoms with Gasteiger partial charge in [0.1, 0.15) is 0 Å². The molecule has 0 spiro atoms. The highest BCUT2D eigenvalue weighted by atomic mass is 79.9. The summed E-state index contributed by atoms with van der Waals surface area (Å²) in [5.41, 5.74) is 7.63. The van der Waals surface area contributed by atoms with E-state index in [9.17, 15) is 4.79 Å². The van der Waals surface area contributed by atoms with Crippen molar-refractivity contribution in [2.24, 2.45) is 0 Å². The van der Waals surface area contributed by atoms with E-state index in [1.165, 1.54) is 18.4 Å². The molecule has 3 N–H and O–H groups in total. The van der Waals surface area contributed by atoms with Crippen molar-refractivity contribution in [3.63, 3.8) is 0 Å². The van der Waals surface area contributed by atoms with E-state index >= 15 is 0 Å². The van der Waals surface area contributed by atoms with Crippen LogP contribution in [0, 0.1) is 0 Å². The number of nitrogens with zero attached hydrogens (tertiary/aromatic N) is 1. The summed E-state index contributed by atoms with van der Waals surface area (Å²) in [5.74, 6) is 0.815. The molecule has 0 radical (unpaired) electrons. The molecule has 6 nitrogen and oxygen atoms in total. The predicted molar refractivity (Wildman–Crippen MR) is 99.2 cm³/mol. The molecule has 8 heteroatoms. The molecular formula is C16H14BrN3O3S. The van der Waals surface area contributed by atoms with Gasteiger partial charge in [-0.15, -0.1) is 0 Å². The van der Waals surface area contributed by atoms with Crippen molar-refractivity contribution in [3.8, 4) is 11.5 Å². The first-order chi connectivity index (χ1) is 11.5. The molecule has 0 atom stereocenters. The van der Waals surface area contributed by atoms with Gasteiger partial charge in [-0.2, -0.15) is 0 Å². The van der Waals surface area contributed by atoms with Gasteiger partial charge in [-0.25, -0.2) is 4.98 Å². The van der Waals surface area contributed by atoms with Crippen LogP contribution in [0.4, 0.5) is 10.8 Å². The Balaban J connectivity index is 1.89. The standard InChI is InChI=1S/C16H14BrN3O3S/c1-22-11-4-3-8(5-12(11)23-2)15(21)19-9-6-10(17)14-13(7-9)24-16(18)20-14/h3-7H,1-2H3,(H2,18,20)(H,19,21). The normalized spacial score (nSPS) is 10.6. The molecule has 0 saturated carbocycles. The second-order valence-electron chi connectivity index (χ2n) is 4.88. The Morgan fingerprint density at radius 3 is 2.67 bits per heavy atom. The number of amides is 1. The van der Waals surface area contributed by atoms with E-state index in [4.69, 9.17) is 15.2 Å². The predicted octanol–water partition coefficient (Wildman–Crippen LogP) is 3.91. The molecule has 0 saturated heterocycles. The lowest BCUT2D eigenvalue weighted by Gasteiger charge is -2.10. The summed E-state index contributed by atoms with van der Waals surface area (Å²) < 4.78 is 12.1. The maximum Gasteiger partial charge on any atom is 0.255 e. The summed E-state index contributed by atoms with van der Waals surface area (Å²) in [6.45, 7) is 0. The number of halogens is 1. The summed E-state index contributed by atoms with van der Waals surface area (Å²) in [6.07, 6.45) is 0. The number of thiazole rings is 1. The molecule has 1 heterocycles. The Labute approximate surface area is 150 Å². The lowest BCUT2D eigenvalue weighted by molar-refractivity contribution is 0.102. The molecule has 0 aliphatic heterocycles. The number of hydrogen-bond donors (Lipinski definition) is 2. The van der Waals surface area contributed by atoms with Crippen LogP contribution < -0.4 is 20.5 Å². The number of fused-ring (bicyclic) bond motifs is 1. The molecule has 0 fully saturated rings. The zero-order valence-electron chi connectivity index (χ0n) is 12.9. The summed E-state index contributed by atoms with van der Waals surface area (Å²) in [5, 5.41) is 3.34. The first-order valence-corrected chi connectivity index (χ1v) is 8.51. The van der Waals surface area contributed by atoms with Crippen LogP contribution in [0.25, 0.3) is 10.2 Å². The summed E-state index contributed by atoms with van der Waals surface area (Å²) >= 11 is 4.81. The number of carbonyl (C=O) groups is 1. The number of aromatic nitrogens is 1. The van der Waals surface area contributed by atoms with Gasteiger partial charge >= 0.3 is 0 Å². The number of nitrogens with two attached hydrogens (primary N) is 1. The number of hydrogen-bond acceptors (Lipinski definition) is 6. The molecular weight excluding hydrogens is 394 g/mol. The second-order valence-corrected chi connectivity index (χ2v) is 6.80. The first-order valence-electron chi connectivity index (χ1n) is 6.90. The molecule has 2 aromatic carbocycles. The molecule has 0 aliphatic carbocycles. The van der Waals surface area contributed by atoms with Crippen LogP contribution in [-0.2, 0) is 0 Å². The third kappa shape index (κ3) is 3.15. The average molecular weight is 408 g/mol. The fraction of sp³-hybridized carbons (Fsp3) is 0.125. The van der Waals surface area contributed by atoms with Crippen molar-refractivity contribution in [2.75, 3.05) is 25.3 Å². The lowest BCUT2D eigenvalue weighted by atomic mass is 10.2. The molecule has 3 rings (SSSR count). The largest absolute Gasteiger partial charge is 0.493 e. The Morgan fingerprint density at radius 1 is 1.21 bits per heavy atom. The van der Waals surface area contributed by atoms with Crippen LogP contribution in [0.15, 0.2) is 34.8 Å². The Hall–Kier alpha value is -2.32. The monoisotopic (exact) mass is 407 g/mol. The van der Waals surface area contributed by atoms with Gasteiger partial charge in [0.25, 0.3) is 5.91 Å². The number of benzene rings is 2. The van der Waals surface area contributed by atoms with Gasteiger partial charge in [0.2, 0.25) is 0 Å². The van der Waals surface area contributed by atoms with Gasteiger partial charge in [0.05, 0.1) is 24.4 Å². The van der Waals surface area contributed by atoms with Gasteiger partial charge in [-0.3, -0.25) is 4.79 Å². The third-order valence-electron chi connectivity index (χ3n) is 3.37. The second kappa shape index (κ2) is 6.66. The van der Waals surface area contributed by atoms with Crippen LogP contribution in [0.5, 0.6) is 11.5 Å². The van der Waals surface area contributed by atoms with Crippen molar-refractivity contribution in [1.82, 2.24) is 4.98 Å². The number of nitrogens with one attached hydrogen (secondary N) is 1. The van der Waals surface area contributed by atoms with Crippen molar-refractivity contribution in [1.29, 1.82) is 0 Å². The van der Waals surface area contributed by atoms with Crippen LogP contribution in [0.2, 0.25) is 0 Å². The number of carbonyl (C=O) groups excluding carboxylic acids is 1. The van der Waals surface area contributed by atoms with Crippen molar-refractivity contribution >= 4 is 54.2 Å². The van der Waals surface area contributed by atoms with Crippen LogP contribution >= 0.6 is 27.3 Å². The van der Waals surface area contributed by atoms with Gasteiger partial charge in [0.15, 0.2) is 16.6 Å². The SMILES string of the molecule is COc1ccc(C(=O)Nc2cc(Br)c3nc(N)sc3c2)cc1OC. The minimum atomic E-state index is -0.250. The van der Waals surface area contributed by atoms with E-state index in [1.54, 1.807) is 31.4 Å². The fourth-order valence-corrected chi connectivity index (χ4v) is 3.74. The van der Waals surface area contributed by atoms with Crippen molar-refractivity contribution in [2.45, 2.75) is 0 Å². The number of methoxy groups -OCH3 is 2. The minimum absolute atomic E-state index is 0.250. The van der Waals surface area contributed by atoms with E-state index in [1.807, 2.05) is 6.07 Å². The van der Waals surface area contributed by atoms with E-state index in [2.05, 4.69) is 26.2 Å². The van der Waals surface area contributed by atoms with Crippen molar-refractivity contribution in [3.05, 3.63) is 40.4 Å². The van der Waals surface area contributed by atoms with Crippen LogP contribution in [0.3, 0.4) is 0 Å². The van der Waals surface area contributed by atoms with Gasteiger partial charge in [0, 0.05) is 15.7 Å². The highest BCUT2D eigenvalue weighted by Crippen LogP contribution is 2.33. The molecule has 124 valence electrons. The molecule has 1 amide bonds. The van der Waals surface area contributed by atoms with Gasteiger partial charge < -0.3 is 20.5 Å². The number of anilines is 2. The number of rotatable bonds is 4. The van der Waals surface area contributed by atoms with Gasteiger partial charge in [-0.05, 0) is 46.3 Å². The number of nitrogen functional groups attached to an aromatic ring is 1. The minimum Gasteiger partial charge on any atom is -0.493 e. The summed E-state index contributed by atoms with van der Waals surface area (Å²) in [7, 11) is 3.07. The number of ether oxygens (including phenoxy) is 2.